The first-order valence-corrected chi connectivity index (χ1v) is 13.3. The predicted octanol–water partition coefficient (Wildman–Crippen LogP) is 9.33. The monoisotopic (exact) mass is 503 g/mol. The molecule has 0 fully saturated rings. The smallest absolute Gasteiger partial charge is 0.163 e. The van der Waals surface area contributed by atoms with Gasteiger partial charge in [0, 0.05) is 17.0 Å². The van der Waals surface area contributed by atoms with Gasteiger partial charge in [0.05, 0.1) is 0 Å². The van der Waals surface area contributed by atoms with E-state index in [-0.39, 0.29) is 5.92 Å². The van der Waals surface area contributed by atoms with Crippen LogP contribution in [0.25, 0.3) is 56.2 Å². The molecule has 1 heterocycles. The van der Waals surface area contributed by atoms with Gasteiger partial charge in [-0.2, -0.15) is 0 Å². The van der Waals surface area contributed by atoms with Crippen molar-refractivity contribution in [3.8, 4) is 56.2 Å². The van der Waals surface area contributed by atoms with E-state index >= 15 is 0 Å². The molecule has 0 saturated heterocycles. The van der Waals surface area contributed by atoms with Crippen LogP contribution < -0.4 is 0 Å². The lowest BCUT2D eigenvalue weighted by atomic mass is 9.96. The van der Waals surface area contributed by atoms with Crippen molar-refractivity contribution in [1.82, 2.24) is 15.0 Å². The van der Waals surface area contributed by atoms with Gasteiger partial charge < -0.3 is 0 Å². The summed E-state index contributed by atoms with van der Waals surface area (Å²) in [5.74, 6) is 2.32. The van der Waals surface area contributed by atoms with Crippen molar-refractivity contribution in [2.75, 3.05) is 0 Å². The van der Waals surface area contributed by atoms with Crippen LogP contribution in [-0.4, -0.2) is 15.0 Å². The first-order valence-electron chi connectivity index (χ1n) is 13.3. The molecular formula is C36H29N3. The molecule has 0 aliphatic heterocycles. The highest BCUT2D eigenvalue weighted by Gasteiger charge is 2.15. The van der Waals surface area contributed by atoms with E-state index in [4.69, 9.17) is 15.0 Å². The Morgan fingerprint density at radius 3 is 1.26 bits per heavy atom. The number of benzene rings is 5. The Bertz CT molecular complexity index is 1650. The van der Waals surface area contributed by atoms with Crippen LogP contribution in [-0.2, 0) is 0 Å². The van der Waals surface area contributed by atoms with Crippen LogP contribution in [0.4, 0.5) is 0 Å². The van der Waals surface area contributed by atoms with Crippen molar-refractivity contribution in [2.45, 2.75) is 19.8 Å². The third kappa shape index (κ3) is 5.39. The van der Waals surface area contributed by atoms with Gasteiger partial charge in [-0.15, -0.1) is 0 Å². The Morgan fingerprint density at radius 2 is 0.744 bits per heavy atom. The third-order valence-electron chi connectivity index (χ3n) is 6.80. The number of rotatable bonds is 6. The molecule has 39 heavy (non-hydrogen) atoms. The summed E-state index contributed by atoms with van der Waals surface area (Å²) in [6, 6.07) is 46.4. The highest BCUT2D eigenvalue weighted by molar-refractivity contribution is 5.80. The Balaban J connectivity index is 1.52. The summed E-state index contributed by atoms with van der Waals surface area (Å²) in [4.78, 5) is 14.9. The predicted molar refractivity (Wildman–Crippen MR) is 161 cm³/mol. The van der Waals surface area contributed by atoms with Crippen LogP contribution in [0.2, 0.25) is 0 Å². The summed E-state index contributed by atoms with van der Waals surface area (Å²) >= 11 is 0. The molecule has 0 aliphatic carbocycles. The maximum absolute atomic E-state index is 5.04. The normalized spacial score (nSPS) is 11.1. The molecule has 3 heteroatoms. The van der Waals surface area contributed by atoms with E-state index in [1.54, 1.807) is 0 Å². The van der Waals surface area contributed by atoms with Gasteiger partial charge in [-0.3, -0.25) is 0 Å². The van der Waals surface area contributed by atoms with Gasteiger partial charge in [-0.1, -0.05) is 123 Å². The molecule has 0 N–H and O–H groups in total. The lowest BCUT2D eigenvalue weighted by molar-refractivity contribution is 0.766. The van der Waals surface area contributed by atoms with Crippen LogP contribution >= 0.6 is 0 Å². The second-order valence-electron chi connectivity index (χ2n) is 9.97. The number of hydrogen-bond donors (Lipinski definition) is 0. The zero-order valence-electron chi connectivity index (χ0n) is 22.1. The van der Waals surface area contributed by atoms with Crippen molar-refractivity contribution in [2.24, 2.45) is 0 Å². The Kier molecular flexibility index (Phi) is 6.80. The summed E-state index contributed by atoms with van der Waals surface area (Å²) in [6.45, 7) is 4.25. The van der Waals surface area contributed by atoms with Crippen LogP contribution in [0.5, 0.6) is 0 Å². The minimum Gasteiger partial charge on any atom is -0.213 e. The highest BCUT2D eigenvalue weighted by Crippen LogP contribution is 2.33. The molecule has 0 atom stereocenters. The summed E-state index contributed by atoms with van der Waals surface area (Å²) in [5.41, 5.74) is 8.83. The summed E-state index contributed by atoms with van der Waals surface area (Å²) < 4.78 is 0. The molecule has 0 saturated carbocycles. The minimum atomic E-state index is 0.161. The Hall–Kier alpha value is -4.89. The van der Waals surface area contributed by atoms with E-state index in [1.807, 2.05) is 18.2 Å². The summed E-state index contributed by atoms with van der Waals surface area (Å²) in [6.07, 6.45) is 0. The second-order valence-corrected chi connectivity index (χ2v) is 9.97. The molecule has 1 aromatic heterocycles. The van der Waals surface area contributed by atoms with E-state index in [0.717, 1.165) is 44.8 Å². The highest BCUT2D eigenvalue weighted by atomic mass is 15.0. The largest absolute Gasteiger partial charge is 0.213 e. The van der Waals surface area contributed by atoms with Crippen molar-refractivity contribution in [3.63, 3.8) is 0 Å². The number of aromatic nitrogens is 3. The van der Waals surface area contributed by atoms with Gasteiger partial charge in [0.2, 0.25) is 0 Å². The molecule has 0 bridgehead atoms. The van der Waals surface area contributed by atoms with E-state index in [1.165, 1.54) is 5.56 Å². The molecule has 0 amide bonds. The lowest BCUT2D eigenvalue weighted by Crippen LogP contribution is -2.05. The van der Waals surface area contributed by atoms with Gasteiger partial charge in [-0.05, 0) is 57.6 Å². The molecule has 3 nitrogen and oxygen atoms in total. The van der Waals surface area contributed by atoms with Gasteiger partial charge >= 0.3 is 0 Å². The maximum atomic E-state index is 5.04. The molecule has 188 valence electrons. The molecule has 5 aromatic carbocycles. The van der Waals surface area contributed by atoms with Gasteiger partial charge in [0.15, 0.2) is 11.6 Å². The fourth-order valence-electron chi connectivity index (χ4n) is 4.73. The Morgan fingerprint density at radius 1 is 0.359 bits per heavy atom. The minimum absolute atomic E-state index is 0.161. The average Bonchev–Trinajstić information content (AvgIpc) is 3.02. The first kappa shape index (κ1) is 24.4. The third-order valence-corrected chi connectivity index (χ3v) is 6.80. The van der Waals surface area contributed by atoms with Crippen LogP contribution in [0, 0.1) is 0 Å². The fourth-order valence-corrected chi connectivity index (χ4v) is 4.73. The van der Waals surface area contributed by atoms with Gasteiger partial charge in [-0.25, -0.2) is 15.0 Å². The van der Waals surface area contributed by atoms with Crippen molar-refractivity contribution >= 4 is 0 Å². The Labute approximate surface area is 229 Å². The van der Waals surface area contributed by atoms with E-state index in [9.17, 15) is 0 Å². The molecular weight excluding hydrogens is 474 g/mol. The van der Waals surface area contributed by atoms with Crippen LogP contribution in [0.1, 0.15) is 25.6 Å². The van der Waals surface area contributed by atoms with Crippen molar-refractivity contribution in [3.05, 3.63) is 139 Å². The number of hydrogen-bond acceptors (Lipinski definition) is 3. The summed E-state index contributed by atoms with van der Waals surface area (Å²) in [5, 5.41) is 0. The van der Waals surface area contributed by atoms with E-state index < -0.39 is 0 Å². The second kappa shape index (κ2) is 10.8. The van der Waals surface area contributed by atoms with Crippen LogP contribution in [0.3, 0.4) is 0 Å². The lowest BCUT2D eigenvalue weighted by Gasteiger charge is -2.13. The van der Waals surface area contributed by atoms with Crippen molar-refractivity contribution < 1.29 is 0 Å². The van der Waals surface area contributed by atoms with E-state index in [2.05, 4.69) is 129 Å². The SMILES string of the molecule is CC(C)c1nc(-c2cccc(-c3ccccc3)c2)nc(-c2cc(-c3ccccc3)cc(-c3ccccc3)c2)n1. The zero-order chi connectivity index (χ0) is 26.6. The van der Waals surface area contributed by atoms with Gasteiger partial charge in [0.25, 0.3) is 0 Å². The topological polar surface area (TPSA) is 38.7 Å². The standard InChI is InChI=1S/C36H29N3/c1-25(2)34-37-35(30-20-12-19-29(21-30)26-13-6-3-7-14-26)39-36(38-34)33-23-31(27-15-8-4-9-16-27)22-32(24-33)28-17-10-5-11-18-28/h3-25H,1-2H3. The molecule has 0 radical (unpaired) electrons. The van der Waals surface area contributed by atoms with Gasteiger partial charge in [0.1, 0.15) is 5.82 Å². The fraction of sp³-hybridized carbons (Fsp3) is 0.0833. The molecule has 0 unspecified atom stereocenters. The molecule has 0 aliphatic rings. The van der Waals surface area contributed by atoms with Crippen molar-refractivity contribution in [1.29, 1.82) is 0 Å². The van der Waals surface area contributed by atoms with Crippen LogP contribution in [0.15, 0.2) is 133 Å². The summed E-state index contributed by atoms with van der Waals surface area (Å²) in [7, 11) is 0. The average molecular weight is 504 g/mol. The quantitative estimate of drug-likeness (QED) is 0.227. The molecule has 6 aromatic rings. The first-order chi connectivity index (χ1) is 19.1. The van der Waals surface area contributed by atoms with E-state index in [0.29, 0.717) is 11.6 Å². The molecule has 0 spiro atoms. The number of nitrogens with zero attached hydrogens (tertiary/aromatic N) is 3. The molecule has 6 rings (SSSR count). The maximum Gasteiger partial charge on any atom is 0.163 e. The zero-order valence-corrected chi connectivity index (χ0v) is 22.1.